The maximum atomic E-state index is 14.4. The van der Waals surface area contributed by atoms with Crippen molar-refractivity contribution in [3.63, 3.8) is 0 Å². The lowest BCUT2D eigenvalue weighted by Gasteiger charge is -2.35. The predicted molar refractivity (Wildman–Crippen MR) is 135 cm³/mol. The van der Waals surface area contributed by atoms with E-state index < -0.39 is 11.5 Å². The first-order chi connectivity index (χ1) is 17.5. The fourth-order valence-corrected chi connectivity index (χ4v) is 5.87. The number of anilines is 1. The molecule has 190 valence electrons. The number of hydrogen-bond acceptors (Lipinski definition) is 5. The molecule has 2 atom stereocenters. The van der Waals surface area contributed by atoms with Gasteiger partial charge < -0.3 is 24.2 Å². The lowest BCUT2D eigenvalue weighted by Crippen LogP contribution is -2.48. The lowest BCUT2D eigenvalue weighted by molar-refractivity contribution is -0.135. The number of para-hydroxylation sites is 1. The summed E-state index contributed by atoms with van der Waals surface area (Å²) >= 11 is 0. The third-order valence-electron chi connectivity index (χ3n) is 7.61. The Hall–Kier alpha value is -3.39. The number of fused-ring (bicyclic) bond motifs is 6. The van der Waals surface area contributed by atoms with Crippen molar-refractivity contribution in [3.05, 3.63) is 59.7 Å². The largest absolute Gasteiger partial charge is 0.494 e. The smallest absolute Gasteiger partial charge is 0.242 e. The van der Waals surface area contributed by atoms with Gasteiger partial charge in [0.2, 0.25) is 17.7 Å². The van der Waals surface area contributed by atoms with Crippen molar-refractivity contribution in [2.24, 2.45) is 0 Å². The Morgan fingerprint density at radius 2 is 1.97 bits per heavy atom. The molecule has 0 radical (unpaired) electrons. The Balaban J connectivity index is 1.65. The van der Waals surface area contributed by atoms with Crippen molar-refractivity contribution in [2.75, 3.05) is 51.4 Å². The van der Waals surface area contributed by atoms with Crippen molar-refractivity contribution >= 4 is 23.4 Å². The van der Waals surface area contributed by atoms with Crippen LogP contribution in [0.2, 0.25) is 0 Å². The third-order valence-corrected chi connectivity index (χ3v) is 7.61. The number of likely N-dealkylation sites (tertiary alicyclic amines) is 1. The van der Waals surface area contributed by atoms with Gasteiger partial charge in [-0.25, -0.2) is 0 Å². The molecule has 36 heavy (non-hydrogen) atoms. The first kappa shape index (κ1) is 24.3. The Labute approximate surface area is 211 Å². The van der Waals surface area contributed by atoms with Crippen LogP contribution >= 0.6 is 0 Å². The van der Waals surface area contributed by atoms with E-state index in [0.717, 1.165) is 16.8 Å². The molecule has 1 fully saturated rings. The SMILES string of the molecule is CCOCCC(=O)N1CC[C@]23C(=O)N(CC(=O)N(C)CCCOc4cccc(c4)[C@H]12)c1ccccc13. The zero-order chi connectivity index (χ0) is 25.3. The van der Waals surface area contributed by atoms with Crippen molar-refractivity contribution in [3.8, 4) is 5.75 Å². The maximum Gasteiger partial charge on any atom is 0.242 e. The van der Waals surface area contributed by atoms with Crippen LogP contribution in [0.1, 0.15) is 43.4 Å². The summed E-state index contributed by atoms with van der Waals surface area (Å²) in [6, 6.07) is 14.9. The fraction of sp³-hybridized carbons (Fsp3) is 0.464. The van der Waals surface area contributed by atoms with Crippen LogP contribution in [0, 0.1) is 0 Å². The van der Waals surface area contributed by atoms with E-state index in [9.17, 15) is 14.4 Å². The molecule has 8 nitrogen and oxygen atoms in total. The van der Waals surface area contributed by atoms with Crippen LogP contribution < -0.4 is 9.64 Å². The molecule has 0 N–H and O–H groups in total. The lowest BCUT2D eigenvalue weighted by atomic mass is 9.72. The van der Waals surface area contributed by atoms with Gasteiger partial charge in [0.25, 0.3) is 0 Å². The average Bonchev–Trinajstić information content (AvgIpc) is 3.40. The average molecular weight is 492 g/mol. The molecule has 0 aliphatic carbocycles. The summed E-state index contributed by atoms with van der Waals surface area (Å²) in [5, 5.41) is 0. The van der Waals surface area contributed by atoms with Crippen molar-refractivity contribution in [1.82, 2.24) is 9.80 Å². The zero-order valence-electron chi connectivity index (χ0n) is 20.9. The van der Waals surface area contributed by atoms with Crippen LogP contribution in [0.4, 0.5) is 5.69 Å². The summed E-state index contributed by atoms with van der Waals surface area (Å²) in [5.74, 6) is 0.402. The van der Waals surface area contributed by atoms with Gasteiger partial charge in [0.15, 0.2) is 0 Å². The Morgan fingerprint density at radius 3 is 2.81 bits per heavy atom. The molecular weight excluding hydrogens is 458 g/mol. The number of carbonyl (C=O) groups excluding carboxylic acids is 3. The van der Waals surface area contributed by atoms with Crippen LogP contribution in [0.5, 0.6) is 5.75 Å². The number of ether oxygens (including phenoxy) is 2. The second-order valence-electron chi connectivity index (χ2n) is 9.66. The molecule has 2 aromatic rings. The van der Waals surface area contributed by atoms with Crippen LogP contribution in [0.15, 0.2) is 48.5 Å². The highest BCUT2D eigenvalue weighted by molar-refractivity contribution is 6.12. The Morgan fingerprint density at radius 1 is 1.14 bits per heavy atom. The van der Waals surface area contributed by atoms with Crippen molar-refractivity contribution in [1.29, 1.82) is 0 Å². The van der Waals surface area contributed by atoms with Gasteiger partial charge in [0.05, 0.1) is 25.7 Å². The standard InChI is InChI=1S/C28H33N3O5/c1-3-35-17-12-24(32)30-15-13-28-22-10-4-5-11-23(22)31(27(28)34)19-25(33)29(2)14-7-16-36-21-9-6-8-20(18-21)26(28)30/h4-6,8-11,18,26H,3,7,12-17,19H2,1-2H3/t26-,28+/m0/s1. The van der Waals surface area contributed by atoms with E-state index >= 15 is 0 Å². The van der Waals surface area contributed by atoms with E-state index in [1.54, 1.807) is 16.8 Å². The van der Waals surface area contributed by atoms with E-state index in [1.165, 1.54) is 0 Å². The number of rotatable bonds is 4. The van der Waals surface area contributed by atoms with Crippen LogP contribution in [-0.4, -0.2) is 74.0 Å². The molecule has 2 aromatic carbocycles. The summed E-state index contributed by atoms with van der Waals surface area (Å²) in [6.07, 6.45) is 1.41. The molecule has 3 heterocycles. The van der Waals surface area contributed by atoms with Crippen molar-refractivity contribution < 1.29 is 23.9 Å². The van der Waals surface area contributed by atoms with Gasteiger partial charge in [-0.05, 0) is 49.1 Å². The summed E-state index contributed by atoms with van der Waals surface area (Å²) < 4.78 is 11.5. The number of hydrogen-bond donors (Lipinski definition) is 0. The van der Waals surface area contributed by atoms with E-state index in [0.29, 0.717) is 51.5 Å². The molecule has 8 heteroatoms. The van der Waals surface area contributed by atoms with E-state index in [2.05, 4.69) is 0 Å². The van der Waals surface area contributed by atoms with Crippen LogP contribution in [0.25, 0.3) is 0 Å². The molecule has 1 saturated heterocycles. The molecule has 0 aromatic heterocycles. The quantitative estimate of drug-likeness (QED) is 0.615. The third kappa shape index (κ3) is 4.03. The van der Waals surface area contributed by atoms with E-state index in [-0.39, 0.29) is 30.7 Å². The van der Waals surface area contributed by atoms with Crippen LogP contribution in [0.3, 0.4) is 0 Å². The molecule has 0 saturated carbocycles. The highest BCUT2D eigenvalue weighted by Crippen LogP contribution is 2.56. The van der Waals surface area contributed by atoms with Gasteiger partial charge in [0, 0.05) is 32.4 Å². The molecule has 1 spiro atoms. The number of benzene rings is 2. The normalized spacial score (nSPS) is 23.7. The van der Waals surface area contributed by atoms with Gasteiger partial charge in [-0.3, -0.25) is 14.4 Å². The second-order valence-corrected chi connectivity index (χ2v) is 9.66. The molecule has 3 aliphatic heterocycles. The minimum atomic E-state index is -0.973. The predicted octanol–water partition coefficient (Wildman–Crippen LogP) is 2.91. The number of amides is 3. The Kier molecular flexibility index (Phi) is 6.71. The van der Waals surface area contributed by atoms with E-state index in [4.69, 9.17) is 9.47 Å². The van der Waals surface area contributed by atoms with E-state index in [1.807, 2.05) is 60.4 Å². The molecule has 3 aliphatic rings. The number of carbonyl (C=O) groups is 3. The summed E-state index contributed by atoms with van der Waals surface area (Å²) in [7, 11) is 1.76. The first-order valence-electron chi connectivity index (χ1n) is 12.7. The maximum absolute atomic E-state index is 14.4. The van der Waals surface area contributed by atoms with Gasteiger partial charge in [0.1, 0.15) is 17.7 Å². The highest BCUT2D eigenvalue weighted by Gasteiger charge is 2.61. The van der Waals surface area contributed by atoms with Crippen LogP contribution in [-0.2, 0) is 24.5 Å². The first-order valence-corrected chi connectivity index (χ1v) is 12.7. The summed E-state index contributed by atoms with van der Waals surface area (Å²) in [4.78, 5) is 46.1. The minimum absolute atomic E-state index is 0.0278. The minimum Gasteiger partial charge on any atom is -0.494 e. The monoisotopic (exact) mass is 491 g/mol. The molecule has 3 amide bonds. The van der Waals surface area contributed by atoms with Gasteiger partial charge in [-0.1, -0.05) is 30.3 Å². The number of likely N-dealkylation sites (N-methyl/N-ethyl adjacent to an activating group) is 1. The Bertz CT molecular complexity index is 1170. The molecular formula is C28H33N3O5. The fourth-order valence-electron chi connectivity index (χ4n) is 5.87. The van der Waals surface area contributed by atoms with Gasteiger partial charge in [-0.15, -0.1) is 0 Å². The van der Waals surface area contributed by atoms with Gasteiger partial charge >= 0.3 is 0 Å². The molecule has 4 bridgehead atoms. The molecule has 5 rings (SSSR count). The summed E-state index contributed by atoms with van der Waals surface area (Å²) in [6.45, 7) is 4.22. The molecule has 0 unspecified atom stereocenters. The van der Waals surface area contributed by atoms with Gasteiger partial charge in [-0.2, -0.15) is 0 Å². The van der Waals surface area contributed by atoms with Crippen molar-refractivity contribution in [2.45, 2.75) is 37.6 Å². The second kappa shape index (κ2) is 9.93. The number of nitrogens with zero attached hydrogens (tertiary/aromatic N) is 3. The highest BCUT2D eigenvalue weighted by atomic mass is 16.5. The zero-order valence-corrected chi connectivity index (χ0v) is 20.9. The topological polar surface area (TPSA) is 79.4 Å². The summed E-state index contributed by atoms with van der Waals surface area (Å²) in [5.41, 5.74) is 1.51.